The van der Waals surface area contributed by atoms with Crippen LogP contribution < -0.4 is 20.1 Å². The van der Waals surface area contributed by atoms with Crippen LogP contribution in [0.25, 0.3) is 0 Å². The first-order valence-electron chi connectivity index (χ1n) is 11.3. The molecule has 198 valence electrons. The number of carbonyl (C=O) groups excluding carboxylic acids is 2. The van der Waals surface area contributed by atoms with Crippen molar-refractivity contribution in [2.75, 3.05) is 46.3 Å². The lowest BCUT2D eigenvalue weighted by molar-refractivity contribution is 0.0949. The molecule has 0 fully saturated rings. The molecule has 1 heterocycles. The molecule has 2 N–H and O–H groups in total. The number of amides is 3. The van der Waals surface area contributed by atoms with Gasteiger partial charge in [-0.25, -0.2) is 9.78 Å². The number of benzene rings is 2. The van der Waals surface area contributed by atoms with E-state index >= 15 is 0 Å². The molecule has 1 aromatic heterocycles. The smallest absolute Gasteiger partial charge is 0.322 e. The summed E-state index contributed by atoms with van der Waals surface area (Å²) in [5, 5.41) is 8.70. The van der Waals surface area contributed by atoms with Crippen molar-refractivity contribution in [2.24, 2.45) is 0 Å². The minimum absolute atomic E-state index is 0.208. The maximum Gasteiger partial charge on any atom is 0.322 e. The Labute approximate surface area is 229 Å². The first-order valence-corrected chi connectivity index (χ1v) is 12.9. The molecule has 3 aromatic rings. The number of rotatable bonds is 12. The van der Waals surface area contributed by atoms with E-state index in [9.17, 15) is 9.59 Å². The third kappa shape index (κ3) is 8.22. The number of halogens is 2. The second-order valence-electron chi connectivity index (χ2n) is 7.80. The number of nitrogens with zero attached hydrogens (tertiary/aromatic N) is 2. The normalized spacial score (nSPS) is 10.6. The van der Waals surface area contributed by atoms with Crippen LogP contribution in [-0.2, 0) is 17.7 Å². The third-order valence-corrected chi connectivity index (χ3v) is 6.85. The zero-order chi connectivity index (χ0) is 26.8. The Morgan fingerprint density at radius 3 is 2.51 bits per heavy atom. The van der Waals surface area contributed by atoms with Crippen LogP contribution in [0.5, 0.6) is 11.5 Å². The SMILES string of the molecule is COCCN(Cc1nc(C(=O)NCCc2ccc(OC)c(OC)c2)cs1)C(=O)Nc1ccc(Cl)c(Cl)c1. The fourth-order valence-electron chi connectivity index (χ4n) is 3.33. The van der Waals surface area contributed by atoms with Crippen molar-refractivity contribution < 1.29 is 23.8 Å². The fourth-order valence-corrected chi connectivity index (χ4v) is 4.42. The summed E-state index contributed by atoms with van der Waals surface area (Å²) in [5.74, 6) is 0.999. The van der Waals surface area contributed by atoms with Gasteiger partial charge in [-0.05, 0) is 42.3 Å². The van der Waals surface area contributed by atoms with Crippen LogP contribution in [0, 0.1) is 0 Å². The molecule has 0 atom stereocenters. The molecule has 0 aliphatic carbocycles. The topological polar surface area (TPSA) is 102 Å². The van der Waals surface area contributed by atoms with Gasteiger partial charge in [0.15, 0.2) is 11.5 Å². The lowest BCUT2D eigenvalue weighted by Gasteiger charge is -2.22. The zero-order valence-electron chi connectivity index (χ0n) is 20.7. The molecule has 12 heteroatoms. The molecule has 0 saturated heterocycles. The molecule has 0 radical (unpaired) electrons. The summed E-state index contributed by atoms with van der Waals surface area (Å²) < 4.78 is 15.7. The highest BCUT2D eigenvalue weighted by Gasteiger charge is 2.18. The molecule has 2 aromatic carbocycles. The highest BCUT2D eigenvalue weighted by Crippen LogP contribution is 2.28. The minimum Gasteiger partial charge on any atom is -0.493 e. The van der Waals surface area contributed by atoms with Crippen LogP contribution in [-0.4, -0.2) is 62.8 Å². The molecule has 37 heavy (non-hydrogen) atoms. The summed E-state index contributed by atoms with van der Waals surface area (Å²) in [6.45, 7) is 1.30. The zero-order valence-corrected chi connectivity index (χ0v) is 23.0. The highest BCUT2D eigenvalue weighted by molar-refractivity contribution is 7.09. The number of thiazole rings is 1. The summed E-state index contributed by atoms with van der Waals surface area (Å²) in [4.78, 5) is 31.5. The van der Waals surface area contributed by atoms with E-state index in [2.05, 4.69) is 15.6 Å². The van der Waals surface area contributed by atoms with E-state index in [1.807, 2.05) is 18.2 Å². The first kappa shape index (κ1) is 28.5. The van der Waals surface area contributed by atoms with Gasteiger partial charge in [-0.2, -0.15) is 0 Å². The summed E-state index contributed by atoms with van der Waals surface area (Å²) in [6, 6.07) is 10.1. The Morgan fingerprint density at radius 2 is 1.81 bits per heavy atom. The largest absolute Gasteiger partial charge is 0.493 e. The Kier molecular flexibility index (Phi) is 10.8. The van der Waals surface area contributed by atoms with E-state index in [0.717, 1.165) is 5.56 Å². The van der Waals surface area contributed by atoms with Crippen LogP contribution in [0.2, 0.25) is 10.0 Å². The van der Waals surface area contributed by atoms with Gasteiger partial charge in [0.25, 0.3) is 5.91 Å². The van der Waals surface area contributed by atoms with Crippen LogP contribution in [0.3, 0.4) is 0 Å². The average molecular weight is 567 g/mol. The quantitative estimate of drug-likeness (QED) is 0.315. The molecule has 0 saturated carbocycles. The minimum atomic E-state index is -0.355. The third-order valence-electron chi connectivity index (χ3n) is 5.28. The van der Waals surface area contributed by atoms with Gasteiger partial charge in [0, 0.05) is 31.3 Å². The van der Waals surface area contributed by atoms with Crippen LogP contribution in [0.15, 0.2) is 41.8 Å². The van der Waals surface area contributed by atoms with Gasteiger partial charge in [0.1, 0.15) is 10.7 Å². The average Bonchev–Trinajstić information content (AvgIpc) is 3.37. The van der Waals surface area contributed by atoms with Crippen molar-refractivity contribution in [3.05, 3.63) is 68.1 Å². The predicted octanol–water partition coefficient (Wildman–Crippen LogP) is 5.12. The van der Waals surface area contributed by atoms with Gasteiger partial charge in [-0.15, -0.1) is 11.3 Å². The van der Waals surface area contributed by atoms with Crippen molar-refractivity contribution in [3.8, 4) is 11.5 Å². The number of methoxy groups -OCH3 is 3. The molecule has 0 aliphatic rings. The number of aromatic nitrogens is 1. The maximum atomic E-state index is 12.9. The monoisotopic (exact) mass is 566 g/mol. The molecular weight excluding hydrogens is 539 g/mol. The fraction of sp³-hybridized carbons (Fsp3) is 0.320. The molecule has 9 nitrogen and oxygen atoms in total. The summed E-state index contributed by atoms with van der Waals surface area (Å²) >= 11 is 13.3. The van der Waals surface area contributed by atoms with Gasteiger partial charge in [0.2, 0.25) is 0 Å². The maximum absolute atomic E-state index is 12.9. The van der Waals surface area contributed by atoms with Crippen LogP contribution >= 0.6 is 34.5 Å². The van der Waals surface area contributed by atoms with E-state index in [1.54, 1.807) is 49.8 Å². The molecule has 3 amide bonds. The van der Waals surface area contributed by atoms with Crippen LogP contribution in [0.4, 0.5) is 10.5 Å². The lowest BCUT2D eigenvalue weighted by atomic mass is 10.1. The summed E-state index contributed by atoms with van der Waals surface area (Å²) in [6.07, 6.45) is 0.614. The Hall–Kier alpha value is -3.05. The van der Waals surface area contributed by atoms with Crippen molar-refractivity contribution >= 4 is 52.2 Å². The first-order chi connectivity index (χ1) is 17.8. The van der Waals surface area contributed by atoms with Crippen molar-refractivity contribution in [1.82, 2.24) is 15.2 Å². The second-order valence-corrected chi connectivity index (χ2v) is 9.55. The molecule has 0 spiro atoms. The number of carbonyl (C=O) groups is 2. The van der Waals surface area contributed by atoms with Gasteiger partial charge in [-0.1, -0.05) is 29.3 Å². The van der Waals surface area contributed by atoms with Crippen LogP contribution in [0.1, 0.15) is 21.1 Å². The van der Waals surface area contributed by atoms with E-state index < -0.39 is 0 Å². The van der Waals surface area contributed by atoms with E-state index in [0.29, 0.717) is 64.1 Å². The predicted molar refractivity (Wildman–Crippen MR) is 145 cm³/mol. The number of ether oxygens (including phenoxy) is 3. The number of urea groups is 1. The van der Waals surface area contributed by atoms with Crippen molar-refractivity contribution in [1.29, 1.82) is 0 Å². The molecular formula is C25H28Cl2N4O5S. The van der Waals surface area contributed by atoms with Gasteiger partial charge >= 0.3 is 6.03 Å². The van der Waals surface area contributed by atoms with Crippen molar-refractivity contribution in [3.63, 3.8) is 0 Å². The van der Waals surface area contributed by atoms with Gasteiger partial charge in [-0.3, -0.25) is 4.79 Å². The number of hydrogen-bond acceptors (Lipinski definition) is 7. The Morgan fingerprint density at radius 1 is 1.03 bits per heavy atom. The lowest BCUT2D eigenvalue weighted by Crippen LogP contribution is -2.36. The second kappa shape index (κ2) is 14.0. The Bertz CT molecular complexity index is 1220. The molecule has 0 aliphatic heterocycles. The number of anilines is 1. The highest BCUT2D eigenvalue weighted by atomic mass is 35.5. The van der Waals surface area contributed by atoms with E-state index in [4.69, 9.17) is 37.4 Å². The summed E-state index contributed by atoms with van der Waals surface area (Å²) in [7, 11) is 4.72. The molecule has 0 unspecified atom stereocenters. The Balaban J connectivity index is 1.57. The standard InChI is InChI=1S/C25H28Cl2N4O5S/c1-34-11-10-31(25(33)29-17-5-6-18(26)19(27)13-17)14-23-30-20(15-37-23)24(32)28-9-8-16-4-7-21(35-2)22(12-16)36-3/h4-7,12-13,15H,8-11,14H2,1-3H3,(H,28,32)(H,29,33). The number of nitrogens with one attached hydrogen (secondary N) is 2. The van der Waals surface area contributed by atoms with Gasteiger partial charge < -0.3 is 29.7 Å². The van der Waals surface area contributed by atoms with E-state index in [-0.39, 0.29) is 18.5 Å². The van der Waals surface area contributed by atoms with Gasteiger partial charge in [0.05, 0.1) is 37.4 Å². The molecule has 3 rings (SSSR count). The summed E-state index contributed by atoms with van der Waals surface area (Å²) in [5.41, 5.74) is 1.80. The van der Waals surface area contributed by atoms with E-state index in [1.165, 1.54) is 11.3 Å². The van der Waals surface area contributed by atoms with Crippen molar-refractivity contribution in [2.45, 2.75) is 13.0 Å². The molecule has 0 bridgehead atoms. The number of hydrogen-bond donors (Lipinski definition) is 2.